The normalized spacial score (nSPS) is 11.0. The SMILES string of the molecule is CC(C)c1ccc(NC(=O)Cn2c(=O)[nH]c(=O)c3ccccc32)cc1. The first-order valence-electron chi connectivity index (χ1n) is 8.07. The Kier molecular flexibility index (Phi) is 4.52. The molecule has 1 heterocycles. The smallest absolute Gasteiger partial charge is 0.325 e. The number of carbonyl (C=O) groups excluding carboxylic acids is 1. The summed E-state index contributed by atoms with van der Waals surface area (Å²) in [5.41, 5.74) is 1.22. The molecular weight excluding hydrogens is 318 g/mol. The average Bonchev–Trinajstić information content (AvgIpc) is 2.59. The molecule has 6 heteroatoms. The molecule has 1 amide bonds. The lowest BCUT2D eigenvalue weighted by atomic mass is 10.0. The number of nitrogens with zero attached hydrogens (tertiary/aromatic N) is 1. The number of rotatable bonds is 4. The molecule has 25 heavy (non-hydrogen) atoms. The monoisotopic (exact) mass is 337 g/mol. The number of fused-ring (bicyclic) bond motifs is 1. The van der Waals surface area contributed by atoms with E-state index in [1.807, 2.05) is 24.3 Å². The van der Waals surface area contributed by atoms with E-state index in [2.05, 4.69) is 24.1 Å². The van der Waals surface area contributed by atoms with E-state index in [-0.39, 0.29) is 12.5 Å². The Labute approximate surface area is 144 Å². The van der Waals surface area contributed by atoms with Crippen molar-refractivity contribution in [1.29, 1.82) is 0 Å². The van der Waals surface area contributed by atoms with E-state index in [1.54, 1.807) is 24.3 Å². The van der Waals surface area contributed by atoms with Crippen LogP contribution in [0.3, 0.4) is 0 Å². The highest BCUT2D eigenvalue weighted by Gasteiger charge is 2.11. The van der Waals surface area contributed by atoms with Gasteiger partial charge < -0.3 is 5.32 Å². The molecule has 0 aliphatic heterocycles. The van der Waals surface area contributed by atoms with Gasteiger partial charge in [0.15, 0.2) is 0 Å². The zero-order chi connectivity index (χ0) is 18.0. The van der Waals surface area contributed by atoms with Crippen LogP contribution in [0.1, 0.15) is 25.3 Å². The van der Waals surface area contributed by atoms with E-state index in [1.165, 1.54) is 10.1 Å². The molecule has 1 aromatic heterocycles. The third-order valence-electron chi connectivity index (χ3n) is 4.07. The first-order chi connectivity index (χ1) is 12.0. The van der Waals surface area contributed by atoms with Gasteiger partial charge in [-0.3, -0.25) is 19.1 Å². The van der Waals surface area contributed by atoms with E-state index in [0.29, 0.717) is 22.5 Å². The van der Waals surface area contributed by atoms with Crippen molar-refractivity contribution in [2.45, 2.75) is 26.3 Å². The summed E-state index contributed by atoms with van der Waals surface area (Å²) < 4.78 is 1.26. The largest absolute Gasteiger partial charge is 0.329 e. The van der Waals surface area contributed by atoms with Gasteiger partial charge in [-0.15, -0.1) is 0 Å². The van der Waals surface area contributed by atoms with Crippen LogP contribution < -0.4 is 16.6 Å². The fraction of sp³-hybridized carbons (Fsp3) is 0.211. The van der Waals surface area contributed by atoms with Gasteiger partial charge in [0.05, 0.1) is 10.9 Å². The van der Waals surface area contributed by atoms with Crippen LogP contribution in [0.15, 0.2) is 58.1 Å². The van der Waals surface area contributed by atoms with Gasteiger partial charge in [-0.2, -0.15) is 0 Å². The van der Waals surface area contributed by atoms with Gasteiger partial charge >= 0.3 is 5.69 Å². The molecule has 0 saturated carbocycles. The van der Waals surface area contributed by atoms with Crippen molar-refractivity contribution in [3.05, 3.63) is 74.9 Å². The molecule has 0 unspecified atom stereocenters. The fourth-order valence-corrected chi connectivity index (χ4v) is 2.69. The highest BCUT2D eigenvalue weighted by Crippen LogP contribution is 2.17. The summed E-state index contributed by atoms with van der Waals surface area (Å²) in [5.74, 6) is 0.0763. The predicted molar refractivity (Wildman–Crippen MR) is 98.0 cm³/mol. The molecule has 0 aliphatic rings. The third kappa shape index (κ3) is 3.52. The van der Waals surface area contributed by atoms with Gasteiger partial charge in [0.1, 0.15) is 6.54 Å². The van der Waals surface area contributed by atoms with Gasteiger partial charge in [0.2, 0.25) is 5.91 Å². The van der Waals surface area contributed by atoms with Gasteiger partial charge in [-0.05, 0) is 35.7 Å². The van der Waals surface area contributed by atoms with E-state index < -0.39 is 11.2 Å². The molecule has 0 spiro atoms. The molecule has 3 rings (SSSR count). The van der Waals surface area contributed by atoms with Crippen molar-refractivity contribution in [2.24, 2.45) is 0 Å². The summed E-state index contributed by atoms with van der Waals surface area (Å²) in [7, 11) is 0. The number of amides is 1. The average molecular weight is 337 g/mol. The summed E-state index contributed by atoms with van der Waals surface area (Å²) >= 11 is 0. The molecule has 3 aromatic rings. The zero-order valence-electron chi connectivity index (χ0n) is 14.1. The molecule has 0 fully saturated rings. The number of aromatic nitrogens is 2. The van der Waals surface area contributed by atoms with Gasteiger partial charge in [0.25, 0.3) is 5.56 Å². The molecule has 6 nitrogen and oxygen atoms in total. The Bertz CT molecular complexity index is 1030. The number of H-pyrrole nitrogens is 1. The lowest BCUT2D eigenvalue weighted by Gasteiger charge is -2.11. The molecule has 0 bridgehead atoms. The minimum Gasteiger partial charge on any atom is -0.325 e. The van der Waals surface area contributed by atoms with Gasteiger partial charge in [0, 0.05) is 5.69 Å². The van der Waals surface area contributed by atoms with Crippen LogP contribution in [0.5, 0.6) is 0 Å². The van der Waals surface area contributed by atoms with E-state index >= 15 is 0 Å². The van der Waals surface area contributed by atoms with Crippen LogP contribution in [0.25, 0.3) is 10.9 Å². The Morgan fingerprint density at radius 2 is 1.76 bits per heavy atom. The van der Waals surface area contributed by atoms with Crippen molar-refractivity contribution in [1.82, 2.24) is 9.55 Å². The summed E-state index contributed by atoms with van der Waals surface area (Å²) in [6.45, 7) is 4.02. The van der Waals surface area contributed by atoms with Gasteiger partial charge in [-0.1, -0.05) is 38.1 Å². The van der Waals surface area contributed by atoms with Crippen molar-refractivity contribution < 1.29 is 4.79 Å². The number of nitrogens with one attached hydrogen (secondary N) is 2. The van der Waals surface area contributed by atoms with Gasteiger partial charge in [-0.25, -0.2) is 4.79 Å². The number of carbonyl (C=O) groups is 1. The number of para-hydroxylation sites is 1. The maximum atomic E-state index is 12.3. The quantitative estimate of drug-likeness (QED) is 0.767. The van der Waals surface area contributed by atoms with Crippen molar-refractivity contribution >= 4 is 22.5 Å². The minimum absolute atomic E-state index is 0.179. The summed E-state index contributed by atoms with van der Waals surface area (Å²) in [4.78, 5) is 38.5. The second-order valence-corrected chi connectivity index (χ2v) is 6.19. The van der Waals surface area contributed by atoms with Crippen LogP contribution in [0.4, 0.5) is 5.69 Å². The Morgan fingerprint density at radius 1 is 1.08 bits per heavy atom. The van der Waals surface area contributed by atoms with Crippen LogP contribution in [0, 0.1) is 0 Å². The second kappa shape index (κ2) is 6.76. The molecule has 0 saturated heterocycles. The Morgan fingerprint density at radius 3 is 2.44 bits per heavy atom. The maximum Gasteiger partial charge on any atom is 0.329 e. The van der Waals surface area contributed by atoms with Crippen LogP contribution in [-0.4, -0.2) is 15.5 Å². The lowest BCUT2D eigenvalue weighted by molar-refractivity contribution is -0.116. The number of hydrogen-bond acceptors (Lipinski definition) is 3. The first kappa shape index (κ1) is 16.7. The number of benzene rings is 2. The first-order valence-corrected chi connectivity index (χ1v) is 8.07. The topological polar surface area (TPSA) is 84.0 Å². The third-order valence-corrected chi connectivity index (χ3v) is 4.07. The maximum absolute atomic E-state index is 12.3. The highest BCUT2D eigenvalue weighted by molar-refractivity contribution is 5.91. The minimum atomic E-state index is -0.603. The molecule has 0 atom stereocenters. The van der Waals surface area contributed by atoms with E-state index in [0.717, 1.165) is 0 Å². The predicted octanol–water partition coefficient (Wildman–Crippen LogP) is 2.45. The second-order valence-electron chi connectivity index (χ2n) is 6.19. The molecule has 2 N–H and O–H groups in total. The Balaban J connectivity index is 1.85. The highest BCUT2D eigenvalue weighted by atomic mass is 16.2. The molecule has 128 valence electrons. The Hall–Kier alpha value is -3.15. The van der Waals surface area contributed by atoms with E-state index in [4.69, 9.17) is 0 Å². The summed E-state index contributed by atoms with van der Waals surface area (Å²) in [6.07, 6.45) is 0. The number of aromatic amines is 1. The number of hydrogen-bond donors (Lipinski definition) is 2. The summed E-state index contributed by atoms with van der Waals surface area (Å²) in [6, 6.07) is 14.3. The molecule has 0 aliphatic carbocycles. The van der Waals surface area contributed by atoms with Crippen molar-refractivity contribution in [3.63, 3.8) is 0 Å². The summed E-state index contributed by atoms with van der Waals surface area (Å²) in [5, 5.41) is 3.14. The molecule has 2 aromatic carbocycles. The van der Waals surface area contributed by atoms with Crippen molar-refractivity contribution in [2.75, 3.05) is 5.32 Å². The standard InChI is InChI=1S/C19H19N3O3/c1-12(2)13-7-9-14(10-8-13)20-17(23)11-22-16-6-4-3-5-15(16)18(24)21-19(22)25/h3-10,12H,11H2,1-2H3,(H,20,23)(H,21,24,25). The van der Waals surface area contributed by atoms with Crippen LogP contribution in [0.2, 0.25) is 0 Å². The molecular formula is C19H19N3O3. The van der Waals surface area contributed by atoms with E-state index in [9.17, 15) is 14.4 Å². The van der Waals surface area contributed by atoms with Crippen molar-refractivity contribution in [3.8, 4) is 0 Å². The molecule has 0 radical (unpaired) electrons. The fourth-order valence-electron chi connectivity index (χ4n) is 2.69. The zero-order valence-corrected chi connectivity index (χ0v) is 14.1. The number of anilines is 1. The van der Waals surface area contributed by atoms with Crippen LogP contribution >= 0.6 is 0 Å². The van der Waals surface area contributed by atoms with Crippen LogP contribution in [-0.2, 0) is 11.3 Å². The lowest BCUT2D eigenvalue weighted by Crippen LogP contribution is -2.34.